The number of carbonyl (C=O) groups excluding carboxylic acids is 8. The standard InChI is InChI=1S/C38H40O16/c1-5-17-35(3)47-27(39)23(28(40)48-35)13-9-7-11-15-25-31(43)51-37(52-32(25)44)19-21-38(22-20-37)53-33(45)26(34(46)54-38)16-12-8-10-14-24-29(41)49-36(4,18-6-2)50-30(24)42/h7-9,12-16H,5-6,10-11,17-22H2,1-4H3. The second kappa shape index (κ2) is 15.7. The lowest BCUT2D eigenvalue weighted by molar-refractivity contribution is -0.291. The Morgan fingerprint density at radius 2 is 0.722 bits per heavy atom. The number of carbonyl (C=O) groups is 8. The molecule has 0 aromatic heterocycles. The molecule has 4 saturated heterocycles. The van der Waals surface area contributed by atoms with E-state index in [1.807, 2.05) is 13.8 Å². The highest BCUT2D eigenvalue weighted by molar-refractivity contribution is 6.17. The quantitative estimate of drug-likeness (QED) is 0.134. The lowest BCUT2D eigenvalue weighted by atomic mass is 9.87. The predicted molar refractivity (Wildman–Crippen MR) is 179 cm³/mol. The highest BCUT2D eigenvalue weighted by Crippen LogP contribution is 2.45. The molecule has 16 nitrogen and oxygen atoms in total. The summed E-state index contributed by atoms with van der Waals surface area (Å²) >= 11 is 0. The largest absolute Gasteiger partial charge is 0.419 e. The van der Waals surface area contributed by atoms with Crippen LogP contribution in [0.2, 0.25) is 0 Å². The Bertz CT molecular complexity index is 1740. The summed E-state index contributed by atoms with van der Waals surface area (Å²) in [6, 6.07) is 0. The molecular formula is C38H40O16. The van der Waals surface area contributed by atoms with Gasteiger partial charge in [0.25, 0.3) is 23.1 Å². The Labute approximate surface area is 309 Å². The van der Waals surface area contributed by atoms with Crippen LogP contribution in [-0.2, 0) is 76.3 Å². The van der Waals surface area contributed by atoms with Gasteiger partial charge in [0, 0.05) is 52.4 Å². The second-order valence-corrected chi connectivity index (χ2v) is 13.4. The fraction of sp³-hybridized carbons (Fsp3) is 0.474. The Morgan fingerprint density at radius 1 is 0.444 bits per heavy atom. The fourth-order valence-corrected chi connectivity index (χ4v) is 6.31. The third-order valence-corrected chi connectivity index (χ3v) is 9.00. The maximum atomic E-state index is 12.8. The lowest BCUT2D eigenvalue weighted by Gasteiger charge is -2.46. The maximum Gasteiger partial charge on any atom is 0.348 e. The number of cyclic esters (lactones) is 4. The Kier molecular flexibility index (Phi) is 11.4. The molecule has 5 rings (SSSR count). The van der Waals surface area contributed by atoms with Crippen molar-refractivity contribution in [3.05, 3.63) is 70.9 Å². The number of esters is 8. The first-order valence-electron chi connectivity index (χ1n) is 17.6. The minimum atomic E-state index is -1.67. The molecule has 0 unspecified atom stereocenters. The van der Waals surface area contributed by atoms with Gasteiger partial charge in [-0.25, -0.2) is 38.4 Å². The predicted octanol–water partition coefficient (Wildman–Crippen LogP) is 3.98. The van der Waals surface area contributed by atoms with E-state index in [0.717, 1.165) is 0 Å². The molecule has 0 aromatic rings. The van der Waals surface area contributed by atoms with E-state index in [4.69, 9.17) is 37.9 Å². The Balaban J connectivity index is 1.11. The first-order chi connectivity index (χ1) is 25.5. The molecule has 0 bridgehead atoms. The molecule has 16 heteroatoms. The van der Waals surface area contributed by atoms with Gasteiger partial charge in [-0.1, -0.05) is 50.3 Å². The van der Waals surface area contributed by atoms with Crippen molar-refractivity contribution in [2.75, 3.05) is 0 Å². The summed E-state index contributed by atoms with van der Waals surface area (Å²) in [5.41, 5.74) is -1.35. The zero-order valence-corrected chi connectivity index (χ0v) is 30.2. The van der Waals surface area contributed by atoms with Gasteiger partial charge in [0.05, 0.1) is 0 Å². The maximum absolute atomic E-state index is 12.8. The monoisotopic (exact) mass is 752 g/mol. The van der Waals surface area contributed by atoms with Gasteiger partial charge in [0.2, 0.25) is 0 Å². The van der Waals surface area contributed by atoms with E-state index in [2.05, 4.69) is 0 Å². The van der Waals surface area contributed by atoms with Crippen LogP contribution >= 0.6 is 0 Å². The zero-order chi connectivity index (χ0) is 39.3. The van der Waals surface area contributed by atoms with E-state index in [0.29, 0.717) is 25.7 Å². The van der Waals surface area contributed by atoms with Gasteiger partial charge >= 0.3 is 47.8 Å². The molecule has 0 radical (unpaired) electrons. The van der Waals surface area contributed by atoms with Crippen LogP contribution < -0.4 is 0 Å². The van der Waals surface area contributed by atoms with Crippen LogP contribution in [0, 0.1) is 0 Å². The van der Waals surface area contributed by atoms with Crippen LogP contribution in [0.25, 0.3) is 0 Å². The van der Waals surface area contributed by atoms with Crippen LogP contribution in [0.15, 0.2) is 70.9 Å². The van der Waals surface area contributed by atoms with Crippen molar-refractivity contribution in [1.29, 1.82) is 0 Å². The minimum absolute atomic E-state index is 0.0354. The van der Waals surface area contributed by atoms with Crippen molar-refractivity contribution >= 4 is 47.8 Å². The summed E-state index contributed by atoms with van der Waals surface area (Å²) in [6.07, 6.45) is 12.2. The van der Waals surface area contributed by atoms with Crippen molar-refractivity contribution in [3.8, 4) is 0 Å². The molecule has 1 saturated carbocycles. The topological polar surface area (TPSA) is 210 Å². The average Bonchev–Trinajstić information content (AvgIpc) is 3.06. The molecule has 54 heavy (non-hydrogen) atoms. The summed E-state index contributed by atoms with van der Waals surface area (Å²) in [6.45, 7) is 6.72. The molecule has 5 aliphatic rings. The number of hydrogen-bond donors (Lipinski definition) is 0. The van der Waals surface area contributed by atoms with Crippen LogP contribution in [0.3, 0.4) is 0 Å². The van der Waals surface area contributed by atoms with Crippen molar-refractivity contribution in [1.82, 2.24) is 0 Å². The molecule has 288 valence electrons. The van der Waals surface area contributed by atoms with E-state index in [9.17, 15) is 38.4 Å². The summed E-state index contributed by atoms with van der Waals surface area (Å²) in [7, 11) is 0. The van der Waals surface area contributed by atoms with E-state index >= 15 is 0 Å². The van der Waals surface area contributed by atoms with Crippen molar-refractivity contribution < 1.29 is 76.3 Å². The summed E-state index contributed by atoms with van der Waals surface area (Å²) in [4.78, 5) is 101. The summed E-state index contributed by atoms with van der Waals surface area (Å²) < 4.78 is 43.0. The number of hydrogen-bond acceptors (Lipinski definition) is 16. The van der Waals surface area contributed by atoms with Gasteiger partial charge in [-0.3, -0.25) is 0 Å². The van der Waals surface area contributed by atoms with Gasteiger partial charge in [-0.15, -0.1) is 0 Å². The molecule has 2 spiro atoms. The van der Waals surface area contributed by atoms with Gasteiger partial charge in [-0.05, 0) is 37.8 Å². The van der Waals surface area contributed by atoms with Gasteiger partial charge in [0.1, 0.15) is 22.3 Å². The average molecular weight is 753 g/mol. The molecule has 1 aliphatic carbocycles. The number of rotatable bonds is 10. The molecule has 4 aliphatic heterocycles. The molecule has 4 heterocycles. The molecule has 0 atom stereocenters. The Hall–Kier alpha value is -5.80. The fourth-order valence-electron chi connectivity index (χ4n) is 6.31. The van der Waals surface area contributed by atoms with E-state index in [1.54, 1.807) is 0 Å². The zero-order valence-electron chi connectivity index (χ0n) is 30.2. The Morgan fingerprint density at radius 3 is 1.04 bits per heavy atom. The lowest BCUT2D eigenvalue weighted by Crippen LogP contribution is -2.56. The van der Waals surface area contributed by atoms with E-state index < -0.39 is 76.5 Å². The molecule has 0 N–H and O–H groups in total. The third-order valence-electron chi connectivity index (χ3n) is 9.00. The second-order valence-electron chi connectivity index (χ2n) is 13.4. The van der Waals surface area contributed by atoms with Gasteiger partial charge in [0.15, 0.2) is 0 Å². The molecule has 5 fully saturated rings. The van der Waals surface area contributed by atoms with Gasteiger partial charge in [-0.2, -0.15) is 0 Å². The van der Waals surface area contributed by atoms with Crippen LogP contribution in [0.5, 0.6) is 0 Å². The van der Waals surface area contributed by atoms with E-state index in [1.165, 1.54) is 62.5 Å². The first kappa shape index (κ1) is 39.4. The number of ether oxygens (including phenoxy) is 8. The minimum Gasteiger partial charge on any atom is -0.419 e. The van der Waals surface area contributed by atoms with Crippen molar-refractivity contribution in [3.63, 3.8) is 0 Å². The third kappa shape index (κ3) is 8.69. The molecular weight excluding hydrogens is 712 g/mol. The molecule has 0 amide bonds. The molecule has 0 aromatic carbocycles. The van der Waals surface area contributed by atoms with Crippen LogP contribution in [-0.4, -0.2) is 70.9 Å². The smallest absolute Gasteiger partial charge is 0.348 e. The first-order valence-corrected chi connectivity index (χ1v) is 17.6. The van der Waals surface area contributed by atoms with Gasteiger partial charge < -0.3 is 37.9 Å². The van der Waals surface area contributed by atoms with Crippen LogP contribution in [0.4, 0.5) is 0 Å². The summed E-state index contributed by atoms with van der Waals surface area (Å²) in [5.74, 6) is -13.1. The van der Waals surface area contributed by atoms with Crippen LogP contribution in [0.1, 0.15) is 91.9 Å². The SMILES string of the molecule is CCCC1(C)OC(=O)C(=CC=CCC=C2C(=O)OC3(CCC4(CC3)OC(=O)C(=CC=CCC=C3C(=O)OC(C)(CCC)OC3=O)C(=O)O4)OC2=O)C(=O)O1. The number of allylic oxidation sites excluding steroid dienone is 8. The highest BCUT2D eigenvalue weighted by Gasteiger charge is 2.57. The van der Waals surface area contributed by atoms with E-state index in [-0.39, 0.29) is 55.2 Å². The summed E-state index contributed by atoms with van der Waals surface area (Å²) in [5, 5.41) is 0. The normalized spacial score (nSPS) is 30.0. The highest BCUT2D eigenvalue weighted by atomic mass is 16.8. The van der Waals surface area contributed by atoms with Crippen molar-refractivity contribution in [2.24, 2.45) is 0 Å². The van der Waals surface area contributed by atoms with Crippen molar-refractivity contribution in [2.45, 2.75) is 115 Å².